The van der Waals surface area contributed by atoms with E-state index in [1.54, 1.807) is 25.2 Å². The molecule has 0 N–H and O–H groups in total. The molecule has 0 aliphatic carbocycles. The first-order valence-electron chi connectivity index (χ1n) is 12.3. The molecule has 0 saturated carbocycles. The van der Waals surface area contributed by atoms with Crippen LogP contribution in [0.2, 0.25) is 0 Å². The van der Waals surface area contributed by atoms with Gasteiger partial charge in [-0.15, -0.1) is 0 Å². The molecule has 37 heavy (non-hydrogen) atoms. The molecular weight excluding hydrogens is 486 g/mol. The van der Waals surface area contributed by atoms with Crippen LogP contribution in [0.1, 0.15) is 56.5 Å². The first-order valence-corrected chi connectivity index (χ1v) is 12.3. The number of pyridine rings is 2. The number of anilines is 1. The molecule has 1 saturated heterocycles. The molecule has 0 bridgehead atoms. The van der Waals surface area contributed by atoms with Crippen molar-refractivity contribution in [3.05, 3.63) is 69.4 Å². The monoisotopic (exact) mass is 515 g/mol. The van der Waals surface area contributed by atoms with Crippen LogP contribution in [-0.2, 0) is 13.2 Å². The summed E-state index contributed by atoms with van der Waals surface area (Å²) in [5.41, 5.74) is 1.09. The number of hydrogen-bond acceptors (Lipinski definition) is 5. The van der Waals surface area contributed by atoms with Crippen molar-refractivity contribution in [3.63, 3.8) is 0 Å². The minimum atomic E-state index is -4.61. The van der Waals surface area contributed by atoms with E-state index in [2.05, 4.69) is 20.9 Å². The predicted molar refractivity (Wildman–Crippen MR) is 134 cm³/mol. The molecule has 0 spiro atoms. The Balaban J connectivity index is 1.73. The third-order valence-electron chi connectivity index (χ3n) is 7.45. The van der Waals surface area contributed by atoms with Crippen molar-refractivity contribution in [2.24, 2.45) is 7.05 Å². The van der Waals surface area contributed by atoms with E-state index in [9.17, 15) is 27.6 Å². The molecule has 1 aliphatic rings. The summed E-state index contributed by atoms with van der Waals surface area (Å²) in [4.78, 5) is 21.6. The second-order valence-corrected chi connectivity index (χ2v) is 9.49. The highest BCUT2D eigenvalue weighted by atomic mass is 19.4. The van der Waals surface area contributed by atoms with E-state index in [0.717, 1.165) is 6.07 Å². The Morgan fingerprint density at radius 1 is 1.11 bits per heavy atom. The first-order chi connectivity index (χ1) is 17.5. The number of benzene rings is 1. The molecule has 1 unspecified atom stereocenters. The van der Waals surface area contributed by atoms with Crippen molar-refractivity contribution >= 4 is 16.7 Å². The zero-order valence-electron chi connectivity index (χ0n) is 21.2. The molecule has 4 rings (SSSR count). The zero-order valence-corrected chi connectivity index (χ0v) is 21.2. The van der Waals surface area contributed by atoms with Crippen LogP contribution < -0.4 is 10.5 Å². The molecule has 0 amide bonds. The van der Waals surface area contributed by atoms with Gasteiger partial charge >= 0.3 is 6.18 Å². The fraction of sp³-hybridized carbons (Fsp3) is 0.444. The van der Waals surface area contributed by atoms with Crippen LogP contribution in [0.25, 0.3) is 11.0 Å². The summed E-state index contributed by atoms with van der Waals surface area (Å²) in [7, 11) is 1.66. The van der Waals surface area contributed by atoms with E-state index in [1.165, 1.54) is 10.6 Å². The van der Waals surface area contributed by atoms with E-state index in [0.29, 0.717) is 48.7 Å². The van der Waals surface area contributed by atoms with E-state index >= 15 is 0 Å². The normalized spacial score (nSPS) is 19.7. The fourth-order valence-electron chi connectivity index (χ4n) is 5.27. The summed E-state index contributed by atoms with van der Waals surface area (Å²) in [6.07, 6.45) is -3.19. The summed E-state index contributed by atoms with van der Waals surface area (Å²) in [6.45, 7) is 6.87. The highest BCUT2D eigenvalue weighted by Gasteiger charge is 2.38. The second kappa shape index (κ2) is 10.1. The second-order valence-electron chi connectivity index (χ2n) is 9.49. The predicted octanol–water partition coefficient (Wildman–Crippen LogP) is 5.40. The largest absolute Gasteiger partial charge is 0.416 e. The van der Waals surface area contributed by atoms with Gasteiger partial charge in [0, 0.05) is 49.9 Å². The van der Waals surface area contributed by atoms with Gasteiger partial charge in [0.15, 0.2) is 0 Å². The van der Waals surface area contributed by atoms with Gasteiger partial charge in [-0.1, -0.05) is 19.9 Å². The smallest absolute Gasteiger partial charge is 0.364 e. The lowest BCUT2D eigenvalue weighted by molar-refractivity contribution is -0.137. The number of nitriles is 1. The molecule has 6 nitrogen and oxygen atoms in total. The molecule has 1 aromatic carbocycles. The number of aryl methyl sites for hydroxylation is 1. The third kappa shape index (κ3) is 4.92. The molecule has 0 radical (unpaired) electrons. The van der Waals surface area contributed by atoms with Gasteiger partial charge in [0.1, 0.15) is 23.1 Å². The molecule has 10 heteroatoms. The average Bonchev–Trinajstić information content (AvgIpc) is 2.88. The number of fused-ring (bicyclic) bond motifs is 1. The zero-order chi connectivity index (χ0) is 27.1. The van der Waals surface area contributed by atoms with Gasteiger partial charge in [0.2, 0.25) is 0 Å². The van der Waals surface area contributed by atoms with Crippen LogP contribution in [-0.4, -0.2) is 39.6 Å². The fourth-order valence-corrected chi connectivity index (χ4v) is 5.27. The Labute approximate surface area is 212 Å². The van der Waals surface area contributed by atoms with Gasteiger partial charge in [0.25, 0.3) is 5.56 Å². The molecule has 2 aromatic heterocycles. The number of nitrogens with zero attached hydrogens (tertiary/aromatic N) is 5. The number of hydrogen-bond donors (Lipinski definition) is 0. The van der Waals surface area contributed by atoms with Crippen LogP contribution in [0.15, 0.2) is 41.2 Å². The quantitative estimate of drug-likeness (QED) is 0.426. The Morgan fingerprint density at radius 2 is 1.81 bits per heavy atom. The van der Waals surface area contributed by atoms with Crippen molar-refractivity contribution < 1.29 is 17.6 Å². The van der Waals surface area contributed by atoms with Crippen LogP contribution in [0.4, 0.5) is 23.2 Å². The number of alkyl halides is 3. The lowest BCUT2D eigenvalue weighted by Crippen LogP contribution is -2.59. The van der Waals surface area contributed by atoms with Gasteiger partial charge in [-0.25, -0.2) is 9.37 Å². The van der Waals surface area contributed by atoms with Gasteiger partial charge in [0.05, 0.1) is 16.8 Å². The van der Waals surface area contributed by atoms with Gasteiger partial charge < -0.3 is 9.47 Å². The van der Waals surface area contributed by atoms with Crippen LogP contribution in [0.3, 0.4) is 0 Å². The van der Waals surface area contributed by atoms with Crippen molar-refractivity contribution in [2.75, 3.05) is 18.0 Å². The average molecular weight is 516 g/mol. The molecule has 196 valence electrons. The number of piperazine rings is 1. The molecule has 1 aliphatic heterocycles. The van der Waals surface area contributed by atoms with Crippen molar-refractivity contribution in [2.45, 2.75) is 57.9 Å². The summed E-state index contributed by atoms with van der Waals surface area (Å²) in [5, 5.41) is 9.39. The topological polar surface area (TPSA) is 65.2 Å². The number of halogens is 4. The Bertz CT molecular complexity index is 1410. The lowest BCUT2D eigenvalue weighted by Gasteiger charge is -2.49. The van der Waals surface area contributed by atoms with Crippen LogP contribution >= 0.6 is 0 Å². The molecule has 3 heterocycles. The summed E-state index contributed by atoms with van der Waals surface area (Å²) >= 11 is 0. The number of rotatable bonds is 5. The van der Waals surface area contributed by atoms with E-state index in [1.807, 2.05) is 20.8 Å². The Morgan fingerprint density at radius 3 is 2.41 bits per heavy atom. The SMILES string of the molecule is CC[C@H]1CN(C(C)c2ccc(C(F)(F)F)cc2F)[C@H](CC)CN1c1cc(=O)n(C)c2ccc(C#N)nc12. The van der Waals surface area contributed by atoms with E-state index in [4.69, 9.17) is 0 Å². The summed E-state index contributed by atoms with van der Waals surface area (Å²) in [6, 6.07) is 9.03. The Kier molecular flexibility index (Phi) is 7.29. The van der Waals surface area contributed by atoms with E-state index in [-0.39, 0.29) is 28.9 Å². The maximum absolute atomic E-state index is 14.9. The molecule has 1 fully saturated rings. The van der Waals surface area contributed by atoms with Crippen LogP contribution in [0.5, 0.6) is 0 Å². The minimum Gasteiger partial charge on any atom is -0.364 e. The minimum absolute atomic E-state index is 0.0576. The van der Waals surface area contributed by atoms with Gasteiger partial charge in [-0.2, -0.15) is 18.4 Å². The molecule has 3 aromatic rings. The molecule has 3 atom stereocenters. The van der Waals surface area contributed by atoms with Crippen molar-refractivity contribution in [1.29, 1.82) is 5.26 Å². The maximum Gasteiger partial charge on any atom is 0.416 e. The summed E-state index contributed by atoms with van der Waals surface area (Å²) < 4.78 is 55.5. The lowest BCUT2D eigenvalue weighted by atomic mass is 9.95. The van der Waals surface area contributed by atoms with E-state index < -0.39 is 23.6 Å². The third-order valence-corrected chi connectivity index (χ3v) is 7.45. The number of aromatic nitrogens is 2. The van der Waals surface area contributed by atoms with Gasteiger partial charge in [-0.3, -0.25) is 9.69 Å². The van der Waals surface area contributed by atoms with Crippen LogP contribution in [0, 0.1) is 17.1 Å². The highest BCUT2D eigenvalue weighted by molar-refractivity contribution is 5.89. The van der Waals surface area contributed by atoms with Crippen molar-refractivity contribution in [1.82, 2.24) is 14.5 Å². The summed E-state index contributed by atoms with van der Waals surface area (Å²) in [5.74, 6) is -0.876. The first kappa shape index (κ1) is 26.6. The van der Waals surface area contributed by atoms with Crippen molar-refractivity contribution in [3.8, 4) is 6.07 Å². The standard InChI is InChI=1S/C27H29F4N5O/c1-5-19-15-36(24-12-25(37)34(4)23-10-8-18(13-32)33-26(23)24)20(6-2)14-35(19)16(3)21-9-7-17(11-22(21)28)27(29,30)31/h7-12,16,19-20H,5-6,14-15H2,1-4H3/t16?,19-,20+/m1/s1. The molecular formula is C27H29F4N5O. The maximum atomic E-state index is 14.9. The highest BCUT2D eigenvalue weighted by Crippen LogP contribution is 2.36. The van der Waals surface area contributed by atoms with Gasteiger partial charge in [-0.05, 0) is 44.0 Å². The Hall–Kier alpha value is -3.45.